The van der Waals surface area contributed by atoms with Crippen LogP contribution in [0.5, 0.6) is 0 Å². The number of nitrogens with zero attached hydrogens (tertiary/aromatic N) is 2. The maximum atomic E-state index is 13.1. The number of benzene rings is 1. The van der Waals surface area contributed by atoms with E-state index in [2.05, 4.69) is 10.4 Å². The standard InChI is InChI=1S/C12H14F2N4/c1-18-6-12(16-7-18)11(17-15)4-8-2-9(13)5-10(14)3-8/h2-3,5-7,11,17H,4,15H2,1H3. The van der Waals surface area contributed by atoms with Gasteiger partial charge in [-0.1, -0.05) is 0 Å². The van der Waals surface area contributed by atoms with E-state index in [9.17, 15) is 8.78 Å². The van der Waals surface area contributed by atoms with Crippen LogP contribution in [-0.2, 0) is 13.5 Å². The average Bonchev–Trinajstić information content (AvgIpc) is 2.71. The highest BCUT2D eigenvalue weighted by atomic mass is 19.1. The van der Waals surface area contributed by atoms with Gasteiger partial charge in [-0.05, 0) is 24.1 Å². The Morgan fingerprint density at radius 3 is 2.50 bits per heavy atom. The van der Waals surface area contributed by atoms with Gasteiger partial charge in [0.05, 0.1) is 18.1 Å². The van der Waals surface area contributed by atoms with Crippen LogP contribution < -0.4 is 11.3 Å². The molecule has 0 aliphatic heterocycles. The van der Waals surface area contributed by atoms with Crippen molar-refractivity contribution in [2.75, 3.05) is 0 Å². The quantitative estimate of drug-likeness (QED) is 0.639. The van der Waals surface area contributed by atoms with Gasteiger partial charge in [-0.15, -0.1) is 0 Å². The van der Waals surface area contributed by atoms with Crippen LogP contribution in [-0.4, -0.2) is 9.55 Å². The molecule has 0 saturated carbocycles. The zero-order valence-corrected chi connectivity index (χ0v) is 9.90. The van der Waals surface area contributed by atoms with Crippen LogP contribution in [0.2, 0.25) is 0 Å². The first-order chi connectivity index (χ1) is 8.58. The minimum atomic E-state index is -0.596. The van der Waals surface area contributed by atoms with Crippen LogP contribution in [0.1, 0.15) is 17.3 Å². The zero-order chi connectivity index (χ0) is 13.1. The van der Waals surface area contributed by atoms with E-state index in [1.165, 1.54) is 12.1 Å². The molecule has 0 aliphatic rings. The van der Waals surface area contributed by atoms with E-state index in [4.69, 9.17) is 5.84 Å². The van der Waals surface area contributed by atoms with E-state index in [0.29, 0.717) is 12.0 Å². The summed E-state index contributed by atoms with van der Waals surface area (Å²) in [6.07, 6.45) is 3.81. The summed E-state index contributed by atoms with van der Waals surface area (Å²) in [4.78, 5) is 4.16. The number of nitrogens with one attached hydrogen (secondary N) is 1. The summed E-state index contributed by atoms with van der Waals surface area (Å²) >= 11 is 0. The maximum Gasteiger partial charge on any atom is 0.126 e. The van der Waals surface area contributed by atoms with Gasteiger partial charge in [0, 0.05) is 19.3 Å². The fourth-order valence-corrected chi connectivity index (χ4v) is 1.83. The van der Waals surface area contributed by atoms with E-state index in [-0.39, 0.29) is 6.04 Å². The van der Waals surface area contributed by atoms with E-state index >= 15 is 0 Å². The third kappa shape index (κ3) is 2.91. The summed E-state index contributed by atoms with van der Waals surface area (Å²) in [6, 6.07) is 3.13. The van der Waals surface area contributed by atoms with Crippen LogP contribution in [0.4, 0.5) is 8.78 Å². The zero-order valence-electron chi connectivity index (χ0n) is 9.90. The molecule has 0 fully saturated rings. The Morgan fingerprint density at radius 1 is 1.33 bits per heavy atom. The number of imidazole rings is 1. The van der Waals surface area contributed by atoms with Crippen LogP contribution in [0.25, 0.3) is 0 Å². The molecule has 0 radical (unpaired) electrons. The summed E-state index contributed by atoms with van der Waals surface area (Å²) in [6.45, 7) is 0. The van der Waals surface area contributed by atoms with Gasteiger partial charge in [-0.3, -0.25) is 11.3 Å². The van der Waals surface area contributed by atoms with Crippen molar-refractivity contribution in [3.63, 3.8) is 0 Å². The summed E-state index contributed by atoms with van der Waals surface area (Å²) < 4.78 is 27.9. The van der Waals surface area contributed by atoms with Gasteiger partial charge in [-0.2, -0.15) is 0 Å². The van der Waals surface area contributed by atoms with Gasteiger partial charge in [-0.25, -0.2) is 13.8 Å². The molecule has 96 valence electrons. The molecule has 1 heterocycles. The number of hydrogen-bond donors (Lipinski definition) is 2. The number of rotatable bonds is 4. The Bertz CT molecular complexity index is 518. The Hall–Kier alpha value is -1.79. The molecule has 3 N–H and O–H groups in total. The van der Waals surface area contributed by atoms with E-state index in [1.807, 2.05) is 7.05 Å². The monoisotopic (exact) mass is 252 g/mol. The number of halogens is 2. The Kier molecular flexibility index (Phi) is 3.69. The largest absolute Gasteiger partial charge is 0.340 e. The van der Waals surface area contributed by atoms with E-state index in [1.54, 1.807) is 17.1 Å². The van der Waals surface area contributed by atoms with Crippen molar-refractivity contribution in [2.24, 2.45) is 12.9 Å². The van der Waals surface area contributed by atoms with E-state index in [0.717, 1.165) is 11.8 Å². The highest BCUT2D eigenvalue weighted by Gasteiger charge is 2.14. The van der Waals surface area contributed by atoms with Crippen molar-refractivity contribution in [3.05, 3.63) is 53.6 Å². The Morgan fingerprint density at radius 2 is 2.00 bits per heavy atom. The van der Waals surface area contributed by atoms with Gasteiger partial charge in [0.2, 0.25) is 0 Å². The second-order valence-corrected chi connectivity index (χ2v) is 4.17. The molecule has 0 bridgehead atoms. The predicted octanol–water partition coefficient (Wildman–Crippen LogP) is 1.45. The molecule has 1 unspecified atom stereocenters. The number of hydrogen-bond acceptors (Lipinski definition) is 3. The minimum Gasteiger partial charge on any atom is -0.340 e. The highest BCUT2D eigenvalue weighted by Crippen LogP contribution is 2.17. The first kappa shape index (κ1) is 12.7. The van der Waals surface area contributed by atoms with Gasteiger partial charge < -0.3 is 4.57 Å². The minimum absolute atomic E-state index is 0.285. The van der Waals surface area contributed by atoms with Crippen molar-refractivity contribution in [3.8, 4) is 0 Å². The predicted molar refractivity (Wildman–Crippen MR) is 63.3 cm³/mol. The second-order valence-electron chi connectivity index (χ2n) is 4.17. The summed E-state index contributed by atoms with van der Waals surface area (Å²) in [7, 11) is 1.84. The normalized spacial score (nSPS) is 12.7. The lowest BCUT2D eigenvalue weighted by atomic mass is 10.0. The molecular weight excluding hydrogens is 238 g/mol. The Balaban J connectivity index is 2.20. The van der Waals surface area contributed by atoms with Crippen LogP contribution in [0.15, 0.2) is 30.7 Å². The first-order valence-electron chi connectivity index (χ1n) is 5.47. The van der Waals surface area contributed by atoms with Gasteiger partial charge in [0.15, 0.2) is 0 Å². The van der Waals surface area contributed by atoms with Crippen LogP contribution >= 0.6 is 0 Å². The molecule has 6 heteroatoms. The molecule has 1 aromatic heterocycles. The molecular formula is C12H14F2N4. The number of nitrogens with two attached hydrogens (primary N) is 1. The average molecular weight is 252 g/mol. The van der Waals surface area contributed by atoms with E-state index < -0.39 is 11.6 Å². The third-order valence-electron chi connectivity index (χ3n) is 2.65. The highest BCUT2D eigenvalue weighted by molar-refractivity contribution is 5.20. The fourth-order valence-electron chi connectivity index (χ4n) is 1.83. The molecule has 0 aliphatic carbocycles. The van der Waals surface area contributed by atoms with Crippen LogP contribution in [0, 0.1) is 11.6 Å². The molecule has 0 amide bonds. The van der Waals surface area contributed by atoms with Gasteiger partial charge >= 0.3 is 0 Å². The lowest BCUT2D eigenvalue weighted by Crippen LogP contribution is -2.29. The molecule has 2 aromatic rings. The number of aryl methyl sites for hydroxylation is 1. The molecule has 1 aromatic carbocycles. The van der Waals surface area contributed by atoms with Crippen molar-refractivity contribution >= 4 is 0 Å². The lowest BCUT2D eigenvalue weighted by molar-refractivity contribution is 0.531. The molecule has 1 atom stereocenters. The van der Waals surface area contributed by atoms with Gasteiger partial charge in [0.25, 0.3) is 0 Å². The summed E-state index contributed by atoms with van der Waals surface area (Å²) in [5.74, 6) is 4.26. The fraction of sp³-hybridized carbons (Fsp3) is 0.250. The molecule has 18 heavy (non-hydrogen) atoms. The molecule has 0 saturated heterocycles. The topological polar surface area (TPSA) is 55.9 Å². The molecule has 4 nitrogen and oxygen atoms in total. The first-order valence-corrected chi connectivity index (χ1v) is 5.47. The molecule has 0 spiro atoms. The van der Waals surface area contributed by atoms with Crippen molar-refractivity contribution in [1.82, 2.24) is 15.0 Å². The lowest BCUT2D eigenvalue weighted by Gasteiger charge is -2.13. The third-order valence-corrected chi connectivity index (χ3v) is 2.65. The maximum absolute atomic E-state index is 13.1. The van der Waals surface area contributed by atoms with Crippen molar-refractivity contribution < 1.29 is 8.78 Å². The molecule has 2 rings (SSSR count). The SMILES string of the molecule is Cn1cnc(C(Cc2cc(F)cc(F)c2)NN)c1. The summed E-state index contributed by atoms with van der Waals surface area (Å²) in [5, 5.41) is 0. The number of hydrazine groups is 1. The number of aromatic nitrogens is 2. The second kappa shape index (κ2) is 5.24. The smallest absolute Gasteiger partial charge is 0.126 e. The summed E-state index contributed by atoms with van der Waals surface area (Å²) in [5.41, 5.74) is 3.85. The van der Waals surface area contributed by atoms with Crippen LogP contribution in [0.3, 0.4) is 0 Å². The van der Waals surface area contributed by atoms with Gasteiger partial charge in [0.1, 0.15) is 11.6 Å². The van der Waals surface area contributed by atoms with Crippen molar-refractivity contribution in [1.29, 1.82) is 0 Å². The van der Waals surface area contributed by atoms with Crippen molar-refractivity contribution in [2.45, 2.75) is 12.5 Å². The Labute approximate surface area is 103 Å².